The van der Waals surface area contributed by atoms with Crippen LogP contribution in [0.2, 0.25) is 0 Å². The first kappa shape index (κ1) is 20.0. The van der Waals surface area contributed by atoms with Gasteiger partial charge in [-0.2, -0.15) is 0 Å². The van der Waals surface area contributed by atoms with Crippen LogP contribution >= 0.6 is 0 Å². The molecule has 1 atom stereocenters. The van der Waals surface area contributed by atoms with Gasteiger partial charge in [-0.1, -0.05) is 0 Å². The van der Waals surface area contributed by atoms with Gasteiger partial charge in [-0.25, -0.2) is 0 Å². The Hall–Kier alpha value is -2.28. The number of hydrogen-bond acceptors (Lipinski definition) is 5. The number of nitrogens with one attached hydrogen (secondary N) is 3. The molecular weight excluding hydrogens is 334 g/mol. The number of carbonyl (C=O) groups excluding carboxylic acids is 2. The van der Waals surface area contributed by atoms with Gasteiger partial charge in [-0.05, 0) is 63.9 Å². The number of rotatable bonds is 9. The topological polar surface area (TPSA) is 88.7 Å². The summed E-state index contributed by atoms with van der Waals surface area (Å²) in [7, 11) is 1.51. The molecule has 0 radical (unpaired) electrons. The Labute approximate surface area is 154 Å². The van der Waals surface area contributed by atoms with Crippen molar-refractivity contribution in [2.45, 2.75) is 32.7 Å². The van der Waals surface area contributed by atoms with Crippen LogP contribution in [0.1, 0.15) is 37.0 Å². The van der Waals surface area contributed by atoms with Crippen molar-refractivity contribution in [3.8, 4) is 11.5 Å². The second kappa shape index (κ2) is 10.0. The molecule has 2 rings (SSSR count). The lowest BCUT2D eigenvalue weighted by molar-refractivity contribution is -0.123. The number of methoxy groups -OCH3 is 1. The molecule has 1 aromatic rings. The maximum atomic E-state index is 12.3. The minimum atomic E-state index is -0.203. The summed E-state index contributed by atoms with van der Waals surface area (Å²) >= 11 is 0. The third-order valence-corrected chi connectivity index (χ3v) is 4.23. The van der Waals surface area contributed by atoms with Crippen molar-refractivity contribution in [1.29, 1.82) is 0 Å². The summed E-state index contributed by atoms with van der Waals surface area (Å²) in [5, 5.41) is 9.02. The van der Waals surface area contributed by atoms with Crippen molar-refractivity contribution >= 4 is 11.8 Å². The summed E-state index contributed by atoms with van der Waals surface area (Å²) < 4.78 is 10.8. The molecule has 1 heterocycles. The third-order valence-electron chi connectivity index (χ3n) is 4.23. The number of hydrogen-bond donors (Lipinski definition) is 3. The molecule has 1 aliphatic heterocycles. The van der Waals surface area contributed by atoms with Crippen LogP contribution in [0, 0.1) is 5.92 Å². The molecule has 1 aromatic carbocycles. The summed E-state index contributed by atoms with van der Waals surface area (Å²) in [6.45, 7) is 6.41. The zero-order chi connectivity index (χ0) is 18.9. The van der Waals surface area contributed by atoms with Gasteiger partial charge in [0.15, 0.2) is 18.1 Å². The van der Waals surface area contributed by atoms with Gasteiger partial charge in [-0.15, -0.1) is 0 Å². The molecule has 1 saturated heterocycles. The van der Waals surface area contributed by atoms with Gasteiger partial charge in [0, 0.05) is 18.2 Å². The van der Waals surface area contributed by atoms with Gasteiger partial charge in [0.05, 0.1) is 7.11 Å². The maximum absolute atomic E-state index is 12.3. The lowest BCUT2D eigenvalue weighted by Crippen LogP contribution is -2.34. The summed E-state index contributed by atoms with van der Waals surface area (Å²) in [6.07, 6.45) is 2.14. The largest absolute Gasteiger partial charge is 0.493 e. The summed E-state index contributed by atoms with van der Waals surface area (Å²) in [5.74, 6) is 1.15. The van der Waals surface area contributed by atoms with Crippen molar-refractivity contribution in [2.75, 3.05) is 33.4 Å². The van der Waals surface area contributed by atoms with E-state index in [2.05, 4.69) is 16.0 Å². The lowest BCUT2D eigenvalue weighted by Gasteiger charge is -2.14. The van der Waals surface area contributed by atoms with Crippen LogP contribution in [0.25, 0.3) is 0 Å². The molecule has 0 bridgehead atoms. The zero-order valence-electron chi connectivity index (χ0n) is 15.8. The van der Waals surface area contributed by atoms with Crippen LogP contribution in [-0.4, -0.2) is 51.2 Å². The average Bonchev–Trinajstić information content (AvgIpc) is 3.12. The molecule has 0 aliphatic carbocycles. The van der Waals surface area contributed by atoms with E-state index in [9.17, 15) is 9.59 Å². The molecule has 0 spiro atoms. The predicted molar refractivity (Wildman–Crippen MR) is 99.7 cm³/mol. The van der Waals surface area contributed by atoms with Crippen molar-refractivity contribution in [1.82, 2.24) is 16.0 Å². The normalized spacial score (nSPS) is 16.4. The first-order valence-electron chi connectivity index (χ1n) is 9.08. The van der Waals surface area contributed by atoms with Crippen molar-refractivity contribution < 1.29 is 19.1 Å². The quantitative estimate of drug-likeness (QED) is 0.616. The number of ether oxygens (including phenoxy) is 2. The lowest BCUT2D eigenvalue weighted by atomic mass is 10.1. The molecule has 1 unspecified atom stereocenters. The second-order valence-electron chi connectivity index (χ2n) is 6.78. The van der Waals surface area contributed by atoms with Crippen molar-refractivity contribution in [3.05, 3.63) is 23.8 Å². The number of carbonyl (C=O) groups is 2. The van der Waals surface area contributed by atoms with E-state index in [1.807, 2.05) is 13.8 Å². The van der Waals surface area contributed by atoms with E-state index in [0.717, 1.165) is 19.5 Å². The Bertz CT molecular complexity index is 613. The van der Waals surface area contributed by atoms with Crippen LogP contribution in [0.15, 0.2) is 18.2 Å². The molecule has 26 heavy (non-hydrogen) atoms. The van der Waals surface area contributed by atoms with Crippen LogP contribution < -0.4 is 25.4 Å². The third kappa shape index (κ3) is 6.22. The predicted octanol–water partition coefficient (Wildman–Crippen LogP) is 1.33. The molecule has 144 valence electrons. The molecule has 3 N–H and O–H groups in total. The molecule has 2 amide bonds. The minimum absolute atomic E-state index is 0.0547. The minimum Gasteiger partial charge on any atom is -0.493 e. The van der Waals surface area contributed by atoms with Gasteiger partial charge in [-0.3, -0.25) is 9.59 Å². The zero-order valence-corrected chi connectivity index (χ0v) is 15.8. The highest BCUT2D eigenvalue weighted by Crippen LogP contribution is 2.28. The second-order valence-corrected chi connectivity index (χ2v) is 6.78. The van der Waals surface area contributed by atoms with Gasteiger partial charge in [0.2, 0.25) is 0 Å². The van der Waals surface area contributed by atoms with E-state index >= 15 is 0 Å². The fraction of sp³-hybridized carbons (Fsp3) is 0.579. The van der Waals surface area contributed by atoms with E-state index in [-0.39, 0.29) is 24.5 Å². The monoisotopic (exact) mass is 363 g/mol. The number of amides is 2. The van der Waals surface area contributed by atoms with Crippen LogP contribution in [0.3, 0.4) is 0 Å². The highest BCUT2D eigenvalue weighted by Gasteiger charge is 2.16. The molecule has 1 aliphatic rings. The summed E-state index contributed by atoms with van der Waals surface area (Å²) in [6, 6.07) is 5.00. The fourth-order valence-electron chi connectivity index (χ4n) is 2.89. The number of benzene rings is 1. The van der Waals surface area contributed by atoms with Gasteiger partial charge < -0.3 is 25.4 Å². The van der Waals surface area contributed by atoms with Crippen LogP contribution in [-0.2, 0) is 4.79 Å². The van der Waals surface area contributed by atoms with E-state index in [1.165, 1.54) is 13.5 Å². The Morgan fingerprint density at radius 3 is 2.77 bits per heavy atom. The van der Waals surface area contributed by atoms with Gasteiger partial charge in [0.25, 0.3) is 11.8 Å². The van der Waals surface area contributed by atoms with E-state index in [4.69, 9.17) is 9.47 Å². The first-order valence-corrected chi connectivity index (χ1v) is 9.08. The van der Waals surface area contributed by atoms with Crippen LogP contribution in [0.4, 0.5) is 0 Å². The highest BCUT2D eigenvalue weighted by atomic mass is 16.5. The standard InChI is InChI=1S/C19H29N3O4/c1-13(2)22-18(23)12-26-16-5-4-15(10-17(16)25-3)19(24)21-9-7-14-6-8-20-11-14/h4-5,10,13-14,20H,6-9,11-12H2,1-3H3,(H,21,24)(H,22,23). The van der Waals surface area contributed by atoms with Gasteiger partial charge in [0.1, 0.15) is 0 Å². The van der Waals surface area contributed by atoms with Crippen LogP contribution in [0.5, 0.6) is 11.5 Å². The molecule has 1 fully saturated rings. The highest BCUT2D eigenvalue weighted by molar-refractivity contribution is 5.94. The Kier molecular flexibility index (Phi) is 7.72. The summed E-state index contributed by atoms with van der Waals surface area (Å²) in [5.41, 5.74) is 0.505. The first-order chi connectivity index (χ1) is 12.5. The van der Waals surface area contributed by atoms with Crippen molar-refractivity contribution in [3.63, 3.8) is 0 Å². The Morgan fingerprint density at radius 1 is 1.31 bits per heavy atom. The van der Waals surface area contributed by atoms with E-state index < -0.39 is 0 Å². The van der Waals surface area contributed by atoms with E-state index in [0.29, 0.717) is 29.5 Å². The molecule has 7 heteroatoms. The maximum Gasteiger partial charge on any atom is 0.258 e. The molecule has 0 aromatic heterocycles. The molecule has 0 saturated carbocycles. The Balaban J connectivity index is 1.87. The van der Waals surface area contributed by atoms with Gasteiger partial charge >= 0.3 is 0 Å². The SMILES string of the molecule is COc1cc(C(=O)NCCC2CCNC2)ccc1OCC(=O)NC(C)C. The molecule has 7 nitrogen and oxygen atoms in total. The smallest absolute Gasteiger partial charge is 0.258 e. The van der Waals surface area contributed by atoms with E-state index in [1.54, 1.807) is 18.2 Å². The Morgan fingerprint density at radius 2 is 2.12 bits per heavy atom. The van der Waals surface area contributed by atoms with Crippen molar-refractivity contribution in [2.24, 2.45) is 5.92 Å². The fourth-order valence-corrected chi connectivity index (χ4v) is 2.89. The summed E-state index contributed by atoms with van der Waals surface area (Å²) in [4.78, 5) is 24.0. The average molecular weight is 363 g/mol. The molecular formula is C19H29N3O4.